The minimum absolute atomic E-state index is 0.311. The third-order valence-corrected chi connectivity index (χ3v) is 4.36. The summed E-state index contributed by atoms with van der Waals surface area (Å²) in [6.45, 7) is 5.31. The molecule has 0 spiro atoms. The molecule has 3 rings (SSSR count). The van der Waals surface area contributed by atoms with Gasteiger partial charge in [0, 0.05) is 12.1 Å². The summed E-state index contributed by atoms with van der Waals surface area (Å²) in [6.07, 6.45) is 1.17. The van der Waals surface area contributed by atoms with Crippen LogP contribution in [0.5, 0.6) is 5.75 Å². The molecule has 1 aromatic heterocycles. The highest BCUT2D eigenvalue weighted by Crippen LogP contribution is 2.29. The molecule has 1 unspecified atom stereocenters. The van der Waals surface area contributed by atoms with Gasteiger partial charge < -0.3 is 14.8 Å². The van der Waals surface area contributed by atoms with Crippen molar-refractivity contribution in [2.24, 2.45) is 0 Å². The van der Waals surface area contributed by atoms with E-state index in [1.807, 2.05) is 30.3 Å². The predicted molar refractivity (Wildman–Crippen MR) is 118 cm³/mol. The molecule has 1 atom stereocenters. The van der Waals surface area contributed by atoms with E-state index in [-0.39, 0.29) is 5.91 Å². The van der Waals surface area contributed by atoms with Crippen molar-refractivity contribution in [2.45, 2.75) is 38.8 Å². The Labute approximate surface area is 185 Å². The normalized spacial score (nSPS) is 12.0. The van der Waals surface area contributed by atoms with E-state index in [1.54, 1.807) is 39.0 Å². The summed E-state index contributed by atoms with van der Waals surface area (Å²) in [5.74, 6) is 0.115. The van der Waals surface area contributed by atoms with Gasteiger partial charge in [-0.15, -0.1) is 5.10 Å². The number of carbonyl (C=O) groups is 2. The second kappa shape index (κ2) is 9.90. The monoisotopic (exact) mass is 438 g/mol. The number of anilines is 2. The molecule has 10 nitrogen and oxygen atoms in total. The standard InChI is InChI=1S/C22H26N6O4/c1-22(2,3)32-21(30)25-17-13-16(10-11-19(17)31-4)24-20(29)18(28-14-23-26-27-28)12-15-8-6-5-7-9-15/h5-11,13-14,18H,12H2,1-4H3,(H,24,29)(H,25,30). The Hall–Kier alpha value is -3.95. The fourth-order valence-corrected chi connectivity index (χ4v) is 2.98. The van der Waals surface area contributed by atoms with Crippen LogP contribution in [0.25, 0.3) is 0 Å². The Morgan fingerprint density at radius 2 is 1.84 bits per heavy atom. The topological polar surface area (TPSA) is 120 Å². The van der Waals surface area contributed by atoms with E-state index in [4.69, 9.17) is 9.47 Å². The first-order chi connectivity index (χ1) is 15.2. The van der Waals surface area contributed by atoms with Gasteiger partial charge in [0.15, 0.2) is 0 Å². The zero-order chi connectivity index (χ0) is 23.1. The number of methoxy groups -OCH3 is 1. The number of carbonyl (C=O) groups excluding carboxylic acids is 2. The molecule has 0 aliphatic carbocycles. The number of amides is 2. The van der Waals surface area contributed by atoms with E-state index in [1.165, 1.54) is 18.1 Å². The smallest absolute Gasteiger partial charge is 0.412 e. The van der Waals surface area contributed by atoms with Crippen molar-refractivity contribution >= 4 is 23.4 Å². The molecule has 0 aliphatic heterocycles. The number of hydrogen-bond acceptors (Lipinski definition) is 7. The molecule has 2 amide bonds. The first-order valence-electron chi connectivity index (χ1n) is 10.0. The van der Waals surface area contributed by atoms with Crippen molar-refractivity contribution in [1.82, 2.24) is 20.2 Å². The Kier molecular flexibility index (Phi) is 7.04. The van der Waals surface area contributed by atoms with Crippen molar-refractivity contribution in [1.29, 1.82) is 0 Å². The fourth-order valence-electron chi connectivity index (χ4n) is 2.98. The Morgan fingerprint density at radius 3 is 2.47 bits per heavy atom. The number of ether oxygens (including phenoxy) is 2. The maximum absolute atomic E-state index is 13.1. The van der Waals surface area contributed by atoms with E-state index in [0.717, 1.165) is 5.56 Å². The van der Waals surface area contributed by atoms with Gasteiger partial charge in [-0.25, -0.2) is 9.48 Å². The van der Waals surface area contributed by atoms with E-state index in [9.17, 15) is 9.59 Å². The highest BCUT2D eigenvalue weighted by molar-refractivity contribution is 5.95. The lowest BCUT2D eigenvalue weighted by Crippen LogP contribution is -2.29. The van der Waals surface area contributed by atoms with Gasteiger partial charge in [0.25, 0.3) is 0 Å². The molecule has 0 saturated carbocycles. The molecule has 2 aromatic carbocycles. The third-order valence-electron chi connectivity index (χ3n) is 4.36. The summed E-state index contributed by atoms with van der Waals surface area (Å²) in [7, 11) is 1.49. The van der Waals surface area contributed by atoms with E-state index < -0.39 is 17.7 Å². The molecule has 168 valence electrons. The van der Waals surface area contributed by atoms with Crippen LogP contribution in [-0.4, -0.2) is 44.9 Å². The molecular weight excluding hydrogens is 412 g/mol. The maximum Gasteiger partial charge on any atom is 0.412 e. The Balaban J connectivity index is 1.79. The van der Waals surface area contributed by atoms with Crippen molar-refractivity contribution in [2.75, 3.05) is 17.7 Å². The van der Waals surface area contributed by atoms with Gasteiger partial charge in [0.2, 0.25) is 5.91 Å². The summed E-state index contributed by atoms with van der Waals surface area (Å²) < 4.78 is 12.0. The fraction of sp³-hybridized carbons (Fsp3) is 0.318. The molecule has 0 aliphatic rings. The third kappa shape index (κ3) is 6.27. The number of hydrogen-bond donors (Lipinski definition) is 2. The number of rotatable bonds is 7. The molecule has 0 saturated heterocycles. The van der Waals surface area contributed by atoms with Crippen LogP contribution in [0.3, 0.4) is 0 Å². The van der Waals surface area contributed by atoms with Crippen molar-refractivity contribution < 1.29 is 19.1 Å². The highest BCUT2D eigenvalue weighted by atomic mass is 16.6. The van der Waals surface area contributed by atoms with Crippen LogP contribution < -0.4 is 15.4 Å². The van der Waals surface area contributed by atoms with Gasteiger partial charge >= 0.3 is 6.09 Å². The number of tetrazole rings is 1. The molecule has 0 bridgehead atoms. The molecule has 0 radical (unpaired) electrons. The summed E-state index contributed by atoms with van der Waals surface area (Å²) in [4.78, 5) is 25.3. The van der Waals surface area contributed by atoms with E-state index in [0.29, 0.717) is 23.5 Å². The van der Waals surface area contributed by atoms with Crippen molar-refractivity contribution in [3.05, 3.63) is 60.4 Å². The van der Waals surface area contributed by atoms with Gasteiger partial charge in [0.05, 0.1) is 12.8 Å². The Morgan fingerprint density at radius 1 is 1.09 bits per heavy atom. The minimum atomic E-state index is -0.670. The van der Waals surface area contributed by atoms with Gasteiger partial charge in [-0.1, -0.05) is 30.3 Å². The molecule has 32 heavy (non-hydrogen) atoms. The number of nitrogens with zero attached hydrogens (tertiary/aromatic N) is 4. The summed E-state index contributed by atoms with van der Waals surface area (Å²) in [5.41, 5.74) is 1.14. The van der Waals surface area contributed by atoms with Crippen LogP contribution in [0.15, 0.2) is 54.9 Å². The van der Waals surface area contributed by atoms with E-state index in [2.05, 4.69) is 26.2 Å². The van der Waals surface area contributed by atoms with Gasteiger partial charge in [-0.2, -0.15) is 0 Å². The van der Waals surface area contributed by atoms with Gasteiger partial charge in [0.1, 0.15) is 23.7 Å². The molecular formula is C22H26N6O4. The van der Waals surface area contributed by atoms with Gasteiger partial charge in [-0.3, -0.25) is 10.1 Å². The summed E-state index contributed by atoms with van der Waals surface area (Å²) in [6, 6.07) is 13.8. The zero-order valence-electron chi connectivity index (χ0n) is 18.4. The van der Waals surface area contributed by atoms with Crippen LogP contribution in [-0.2, 0) is 16.0 Å². The Bertz CT molecular complexity index is 1050. The quantitative estimate of drug-likeness (QED) is 0.580. The lowest BCUT2D eigenvalue weighted by atomic mass is 10.1. The van der Waals surface area contributed by atoms with Crippen molar-refractivity contribution in [3.63, 3.8) is 0 Å². The summed E-state index contributed by atoms with van der Waals surface area (Å²) >= 11 is 0. The summed E-state index contributed by atoms with van der Waals surface area (Å²) in [5, 5.41) is 16.7. The maximum atomic E-state index is 13.1. The lowest BCUT2D eigenvalue weighted by molar-refractivity contribution is -0.119. The first-order valence-corrected chi connectivity index (χ1v) is 10.0. The molecule has 1 heterocycles. The largest absolute Gasteiger partial charge is 0.495 e. The lowest BCUT2D eigenvalue weighted by Gasteiger charge is -2.21. The average Bonchev–Trinajstić information content (AvgIpc) is 3.26. The molecule has 2 N–H and O–H groups in total. The van der Waals surface area contributed by atoms with Crippen molar-refractivity contribution in [3.8, 4) is 5.75 Å². The molecule has 0 fully saturated rings. The van der Waals surface area contributed by atoms with E-state index >= 15 is 0 Å². The van der Waals surface area contributed by atoms with Crippen LogP contribution in [0.4, 0.5) is 16.2 Å². The zero-order valence-corrected chi connectivity index (χ0v) is 18.4. The number of aromatic nitrogens is 4. The number of nitrogens with one attached hydrogen (secondary N) is 2. The molecule has 10 heteroatoms. The van der Waals surface area contributed by atoms with Crippen LogP contribution in [0, 0.1) is 0 Å². The first kappa shape index (κ1) is 22.7. The predicted octanol–water partition coefficient (Wildman–Crippen LogP) is 3.45. The SMILES string of the molecule is COc1ccc(NC(=O)C(Cc2ccccc2)n2cnnn2)cc1NC(=O)OC(C)(C)C. The molecule has 3 aromatic rings. The van der Waals surface area contributed by atoms with Crippen LogP contribution >= 0.6 is 0 Å². The van der Waals surface area contributed by atoms with Crippen LogP contribution in [0.1, 0.15) is 32.4 Å². The van der Waals surface area contributed by atoms with Gasteiger partial charge in [-0.05, 0) is 55.0 Å². The highest BCUT2D eigenvalue weighted by Gasteiger charge is 2.23. The average molecular weight is 438 g/mol. The van der Waals surface area contributed by atoms with Crippen LogP contribution in [0.2, 0.25) is 0 Å². The number of benzene rings is 2. The minimum Gasteiger partial charge on any atom is -0.495 e. The second-order valence-electron chi connectivity index (χ2n) is 8.03. The second-order valence-corrected chi connectivity index (χ2v) is 8.03.